The molecule has 1 saturated heterocycles. The van der Waals surface area contributed by atoms with Crippen LogP contribution in [0.1, 0.15) is 24.6 Å². The third-order valence-electron chi connectivity index (χ3n) is 3.30. The number of nitrogens with zero attached hydrogens (tertiary/aromatic N) is 4. The number of benzene rings is 1. The maximum Gasteiger partial charge on any atom is 0.106 e. The van der Waals surface area contributed by atoms with Crippen LogP contribution >= 0.6 is 0 Å². The molecular weight excluding hydrogens is 212 g/mol. The molecule has 1 aliphatic heterocycles. The first kappa shape index (κ1) is 10.5. The zero-order valence-corrected chi connectivity index (χ0v) is 9.74. The predicted molar refractivity (Wildman–Crippen MR) is 65.1 cm³/mol. The minimum atomic E-state index is 0.373. The first-order valence-corrected chi connectivity index (χ1v) is 6.07. The first-order chi connectivity index (χ1) is 8.43. The highest BCUT2D eigenvalue weighted by atomic mass is 15.5. The van der Waals surface area contributed by atoms with Gasteiger partial charge >= 0.3 is 0 Å². The maximum absolute atomic E-state index is 4.12. The summed E-state index contributed by atoms with van der Waals surface area (Å²) in [4.78, 5) is 2.46. The quantitative estimate of drug-likeness (QED) is 0.806. The van der Waals surface area contributed by atoms with Crippen molar-refractivity contribution in [1.29, 1.82) is 0 Å². The molecule has 1 aliphatic rings. The molecule has 2 heterocycles. The molecule has 4 nitrogen and oxygen atoms in total. The van der Waals surface area contributed by atoms with Crippen LogP contribution in [-0.2, 0) is 6.54 Å². The molecule has 1 aromatic heterocycles. The third-order valence-corrected chi connectivity index (χ3v) is 3.30. The van der Waals surface area contributed by atoms with E-state index in [9.17, 15) is 0 Å². The third kappa shape index (κ3) is 2.22. The second kappa shape index (κ2) is 4.67. The Bertz CT molecular complexity index is 452. The van der Waals surface area contributed by atoms with Crippen LogP contribution in [0.15, 0.2) is 42.7 Å². The van der Waals surface area contributed by atoms with Gasteiger partial charge in [0.05, 0.1) is 6.20 Å². The molecule has 1 fully saturated rings. The molecule has 0 spiro atoms. The molecule has 4 heteroatoms. The summed E-state index contributed by atoms with van der Waals surface area (Å²) in [5.74, 6) is 0. The van der Waals surface area contributed by atoms with E-state index in [2.05, 4.69) is 45.5 Å². The van der Waals surface area contributed by atoms with Crippen molar-refractivity contribution >= 4 is 0 Å². The summed E-state index contributed by atoms with van der Waals surface area (Å²) >= 11 is 0. The molecule has 1 aromatic carbocycles. The van der Waals surface area contributed by atoms with Crippen LogP contribution in [0.5, 0.6) is 0 Å². The molecule has 0 N–H and O–H groups in total. The lowest BCUT2D eigenvalue weighted by atomic mass is 10.2. The van der Waals surface area contributed by atoms with Gasteiger partial charge in [0, 0.05) is 19.3 Å². The van der Waals surface area contributed by atoms with Crippen LogP contribution < -0.4 is 0 Å². The number of hydrogen-bond donors (Lipinski definition) is 0. The summed E-state index contributed by atoms with van der Waals surface area (Å²) in [5, 5.41) is 8.01. The second-order valence-electron chi connectivity index (χ2n) is 4.46. The molecule has 0 saturated carbocycles. The smallest absolute Gasteiger partial charge is 0.106 e. The second-order valence-corrected chi connectivity index (χ2v) is 4.46. The lowest BCUT2D eigenvalue weighted by Gasteiger charge is -2.24. The van der Waals surface area contributed by atoms with E-state index in [1.807, 2.05) is 10.9 Å². The van der Waals surface area contributed by atoms with Crippen molar-refractivity contribution in [3.63, 3.8) is 0 Å². The average molecular weight is 228 g/mol. The Morgan fingerprint density at radius 1 is 1.24 bits per heavy atom. The Balaban J connectivity index is 1.75. The molecule has 0 bridgehead atoms. The van der Waals surface area contributed by atoms with Gasteiger partial charge in [0.1, 0.15) is 6.17 Å². The fourth-order valence-corrected chi connectivity index (χ4v) is 2.49. The van der Waals surface area contributed by atoms with Gasteiger partial charge in [-0.3, -0.25) is 4.90 Å². The minimum Gasteiger partial charge on any atom is -0.278 e. The van der Waals surface area contributed by atoms with E-state index in [4.69, 9.17) is 0 Å². The van der Waals surface area contributed by atoms with Crippen molar-refractivity contribution in [3.05, 3.63) is 48.3 Å². The van der Waals surface area contributed by atoms with Gasteiger partial charge in [-0.15, -0.1) is 5.10 Å². The Morgan fingerprint density at radius 2 is 2.12 bits per heavy atom. The number of likely N-dealkylation sites (tertiary alicyclic amines) is 1. The van der Waals surface area contributed by atoms with Crippen LogP contribution in [0.25, 0.3) is 0 Å². The van der Waals surface area contributed by atoms with Crippen LogP contribution in [0, 0.1) is 0 Å². The van der Waals surface area contributed by atoms with E-state index in [-0.39, 0.29) is 0 Å². The highest BCUT2D eigenvalue weighted by Crippen LogP contribution is 2.27. The molecule has 17 heavy (non-hydrogen) atoms. The van der Waals surface area contributed by atoms with E-state index >= 15 is 0 Å². The molecule has 0 amide bonds. The van der Waals surface area contributed by atoms with Gasteiger partial charge in [0.25, 0.3) is 0 Å². The molecular formula is C13H16N4. The molecule has 3 rings (SSSR count). The Hall–Kier alpha value is -1.68. The molecule has 0 aliphatic carbocycles. The Morgan fingerprint density at radius 3 is 2.88 bits per heavy atom. The highest BCUT2D eigenvalue weighted by Gasteiger charge is 2.26. The molecule has 1 atom stereocenters. The van der Waals surface area contributed by atoms with Crippen LogP contribution in [0.2, 0.25) is 0 Å². The predicted octanol–water partition coefficient (Wildman–Crippen LogP) is 2.07. The SMILES string of the molecule is c1ccc(CN2CCCC2n2ccnn2)cc1. The van der Waals surface area contributed by atoms with E-state index < -0.39 is 0 Å². The summed E-state index contributed by atoms with van der Waals surface area (Å²) in [6.07, 6.45) is 6.47. The largest absolute Gasteiger partial charge is 0.278 e. The highest BCUT2D eigenvalue weighted by molar-refractivity contribution is 5.14. The van der Waals surface area contributed by atoms with E-state index in [1.54, 1.807) is 6.20 Å². The van der Waals surface area contributed by atoms with Crippen molar-refractivity contribution in [2.24, 2.45) is 0 Å². The van der Waals surface area contributed by atoms with E-state index in [0.29, 0.717) is 6.17 Å². The first-order valence-electron chi connectivity index (χ1n) is 6.07. The summed E-state index contributed by atoms with van der Waals surface area (Å²) in [5.41, 5.74) is 1.36. The number of aromatic nitrogens is 3. The molecule has 0 radical (unpaired) electrons. The monoisotopic (exact) mass is 228 g/mol. The zero-order valence-electron chi connectivity index (χ0n) is 9.74. The minimum absolute atomic E-state index is 0.373. The summed E-state index contributed by atoms with van der Waals surface area (Å²) in [7, 11) is 0. The lowest BCUT2D eigenvalue weighted by molar-refractivity contribution is 0.169. The summed E-state index contributed by atoms with van der Waals surface area (Å²) in [6, 6.07) is 10.6. The van der Waals surface area contributed by atoms with Crippen molar-refractivity contribution in [2.45, 2.75) is 25.6 Å². The van der Waals surface area contributed by atoms with Gasteiger partial charge < -0.3 is 0 Å². The van der Waals surface area contributed by atoms with Crippen LogP contribution in [0.3, 0.4) is 0 Å². The van der Waals surface area contributed by atoms with Crippen molar-refractivity contribution < 1.29 is 0 Å². The van der Waals surface area contributed by atoms with Crippen molar-refractivity contribution in [1.82, 2.24) is 19.9 Å². The van der Waals surface area contributed by atoms with Gasteiger partial charge in [-0.2, -0.15) is 0 Å². The average Bonchev–Trinajstić information content (AvgIpc) is 3.00. The fourth-order valence-electron chi connectivity index (χ4n) is 2.49. The lowest BCUT2D eigenvalue weighted by Crippen LogP contribution is -2.27. The van der Waals surface area contributed by atoms with Gasteiger partial charge in [-0.1, -0.05) is 35.5 Å². The van der Waals surface area contributed by atoms with E-state index in [0.717, 1.165) is 19.5 Å². The molecule has 2 aromatic rings. The maximum atomic E-state index is 4.12. The summed E-state index contributed by atoms with van der Waals surface area (Å²) in [6.45, 7) is 2.13. The topological polar surface area (TPSA) is 34.0 Å². The van der Waals surface area contributed by atoms with Crippen molar-refractivity contribution in [2.75, 3.05) is 6.54 Å². The van der Waals surface area contributed by atoms with Crippen molar-refractivity contribution in [3.8, 4) is 0 Å². The van der Waals surface area contributed by atoms with Crippen LogP contribution in [0.4, 0.5) is 0 Å². The van der Waals surface area contributed by atoms with Crippen LogP contribution in [-0.4, -0.2) is 26.4 Å². The van der Waals surface area contributed by atoms with Gasteiger partial charge in [0.2, 0.25) is 0 Å². The van der Waals surface area contributed by atoms with Gasteiger partial charge in [-0.05, 0) is 18.4 Å². The normalized spacial score (nSPS) is 20.8. The van der Waals surface area contributed by atoms with Gasteiger partial charge in [0.15, 0.2) is 0 Å². The standard InChI is InChI=1S/C13H16N4/c1-2-5-12(6-3-1)11-16-9-4-7-13(16)17-10-8-14-15-17/h1-3,5-6,8,10,13H,4,7,9,11H2. The number of rotatable bonds is 3. The molecule has 88 valence electrons. The van der Waals surface area contributed by atoms with E-state index in [1.165, 1.54) is 12.0 Å². The fraction of sp³-hybridized carbons (Fsp3) is 0.385. The summed E-state index contributed by atoms with van der Waals surface area (Å²) < 4.78 is 1.97. The van der Waals surface area contributed by atoms with Gasteiger partial charge in [-0.25, -0.2) is 4.68 Å². The Kier molecular flexibility index (Phi) is 2.88. The Labute approximate surface area is 101 Å². The molecule has 1 unspecified atom stereocenters. The number of hydrogen-bond acceptors (Lipinski definition) is 3. The zero-order chi connectivity index (χ0) is 11.5.